The van der Waals surface area contributed by atoms with Gasteiger partial charge < -0.3 is 18.9 Å². The minimum atomic E-state index is -0.468. The number of ether oxygens (including phenoxy) is 2. The highest BCUT2D eigenvalue weighted by molar-refractivity contribution is 5.79. The first-order valence-electron chi connectivity index (χ1n) is 9.19. The normalized spacial score (nSPS) is 16.3. The molecular weight excluding hydrogens is 377 g/mol. The molecule has 1 aliphatic heterocycles. The molecule has 150 valence electrons. The topological polar surface area (TPSA) is 77.7 Å². The molecule has 1 aliphatic rings. The van der Waals surface area contributed by atoms with E-state index < -0.39 is 5.82 Å². The molecule has 0 spiro atoms. The zero-order valence-corrected chi connectivity index (χ0v) is 16.1. The van der Waals surface area contributed by atoms with E-state index in [1.807, 2.05) is 24.3 Å². The van der Waals surface area contributed by atoms with Crippen LogP contribution >= 0.6 is 0 Å². The number of nitrogens with zero attached hydrogens (tertiary/aromatic N) is 3. The number of carbonyl (C=O) groups excluding carboxylic acids is 1. The average Bonchev–Trinajstić information content (AvgIpc) is 3.35. The van der Waals surface area contributed by atoms with E-state index in [0.29, 0.717) is 41.4 Å². The minimum absolute atomic E-state index is 0.0386. The van der Waals surface area contributed by atoms with Crippen LogP contribution in [-0.4, -0.2) is 35.2 Å². The Kier molecular flexibility index (Phi) is 5.16. The smallest absolute Gasteiger partial charge is 0.249 e. The second-order valence-electron chi connectivity index (χ2n) is 6.70. The van der Waals surface area contributed by atoms with Crippen molar-refractivity contribution in [2.75, 3.05) is 14.2 Å². The third kappa shape index (κ3) is 3.65. The van der Waals surface area contributed by atoms with Crippen molar-refractivity contribution >= 4 is 5.91 Å². The van der Waals surface area contributed by atoms with E-state index in [1.165, 1.54) is 13.2 Å². The fraction of sp³-hybridized carbons (Fsp3) is 0.286. The lowest BCUT2D eigenvalue weighted by Crippen LogP contribution is -2.27. The molecule has 7 nitrogen and oxygen atoms in total. The first-order chi connectivity index (χ1) is 14.1. The molecule has 1 atom stereocenters. The van der Waals surface area contributed by atoms with E-state index >= 15 is 0 Å². The third-order valence-electron chi connectivity index (χ3n) is 4.97. The van der Waals surface area contributed by atoms with Gasteiger partial charge in [-0.3, -0.25) is 4.79 Å². The number of benzene rings is 2. The van der Waals surface area contributed by atoms with Gasteiger partial charge in [-0.15, -0.1) is 0 Å². The van der Waals surface area contributed by atoms with Crippen molar-refractivity contribution in [2.45, 2.75) is 25.4 Å². The molecule has 0 saturated carbocycles. The van der Waals surface area contributed by atoms with E-state index in [9.17, 15) is 9.18 Å². The predicted molar refractivity (Wildman–Crippen MR) is 102 cm³/mol. The molecular formula is C21H20FN3O4. The summed E-state index contributed by atoms with van der Waals surface area (Å²) in [5.74, 6) is 1.04. The van der Waals surface area contributed by atoms with Crippen LogP contribution in [-0.2, 0) is 11.3 Å². The molecule has 1 amide bonds. The van der Waals surface area contributed by atoms with Crippen LogP contribution in [0.3, 0.4) is 0 Å². The van der Waals surface area contributed by atoms with Crippen LogP contribution in [0.5, 0.6) is 11.5 Å². The van der Waals surface area contributed by atoms with Gasteiger partial charge in [0.25, 0.3) is 0 Å². The second-order valence-corrected chi connectivity index (χ2v) is 6.70. The van der Waals surface area contributed by atoms with Crippen LogP contribution in [0.15, 0.2) is 47.0 Å². The van der Waals surface area contributed by atoms with E-state index in [4.69, 9.17) is 14.0 Å². The number of aromatic nitrogens is 2. The predicted octanol–water partition coefficient (Wildman–Crippen LogP) is 3.76. The Balaban J connectivity index is 1.59. The Bertz CT molecular complexity index is 1040. The van der Waals surface area contributed by atoms with Gasteiger partial charge >= 0.3 is 0 Å². The molecule has 4 rings (SSSR count). The molecule has 1 saturated heterocycles. The number of amides is 1. The second kappa shape index (κ2) is 7.90. The molecule has 0 radical (unpaired) electrons. The highest BCUT2D eigenvalue weighted by atomic mass is 19.1. The monoisotopic (exact) mass is 397 g/mol. The number of para-hydroxylation sites is 1. The summed E-state index contributed by atoms with van der Waals surface area (Å²) in [6.07, 6.45) is 0.931. The van der Waals surface area contributed by atoms with Crippen molar-refractivity contribution in [1.82, 2.24) is 15.0 Å². The Labute approximate surface area is 167 Å². The van der Waals surface area contributed by atoms with E-state index in [1.54, 1.807) is 24.1 Å². The molecule has 1 aromatic heterocycles. The molecule has 8 heteroatoms. The summed E-state index contributed by atoms with van der Waals surface area (Å²) in [6, 6.07) is 11.7. The summed E-state index contributed by atoms with van der Waals surface area (Å²) in [5.41, 5.74) is 1.37. The lowest BCUT2D eigenvalue weighted by atomic mass is 10.1. The van der Waals surface area contributed by atoms with Crippen LogP contribution in [0.25, 0.3) is 11.4 Å². The van der Waals surface area contributed by atoms with E-state index in [0.717, 1.165) is 0 Å². The maximum absolute atomic E-state index is 14.0. The number of hydrogen-bond donors (Lipinski definition) is 0. The fourth-order valence-electron chi connectivity index (χ4n) is 3.50. The Morgan fingerprint density at radius 1 is 1.17 bits per heavy atom. The largest absolute Gasteiger partial charge is 0.496 e. The van der Waals surface area contributed by atoms with Gasteiger partial charge in [-0.05, 0) is 36.2 Å². The molecule has 0 N–H and O–H groups in total. The van der Waals surface area contributed by atoms with Gasteiger partial charge in [0.15, 0.2) is 11.6 Å². The summed E-state index contributed by atoms with van der Waals surface area (Å²) >= 11 is 0. The maximum Gasteiger partial charge on any atom is 0.249 e. The number of likely N-dealkylation sites (tertiary alicyclic amines) is 1. The van der Waals surface area contributed by atoms with Crippen LogP contribution in [0.1, 0.15) is 30.3 Å². The van der Waals surface area contributed by atoms with Crippen molar-refractivity contribution in [2.24, 2.45) is 0 Å². The first-order valence-corrected chi connectivity index (χ1v) is 9.19. The maximum atomic E-state index is 14.0. The molecule has 0 bridgehead atoms. The highest BCUT2D eigenvalue weighted by Crippen LogP contribution is 2.35. The standard InChI is InChI=1S/C21H20FN3O4/c1-27-17-6-4-3-5-14(17)20-23-21(29-24-20)16-8-10-19(26)25(16)12-13-7-9-18(28-2)15(22)11-13/h3-7,9,11,16H,8,10,12H2,1-2H3. The quantitative estimate of drug-likeness (QED) is 0.630. The summed E-state index contributed by atoms with van der Waals surface area (Å²) < 4.78 is 29.8. The van der Waals surface area contributed by atoms with Crippen LogP contribution in [0, 0.1) is 5.82 Å². The van der Waals surface area contributed by atoms with Crippen LogP contribution in [0.4, 0.5) is 4.39 Å². The van der Waals surface area contributed by atoms with Crippen molar-refractivity contribution in [3.05, 3.63) is 59.7 Å². The van der Waals surface area contributed by atoms with Gasteiger partial charge in [-0.25, -0.2) is 4.39 Å². The van der Waals surface area contributed by atoms with Gasteiger partial charge in [0, 0.05) is 13.0 Å². The summed E-state index contributed by atoms with van der Waals surface area (Å²) in [5, 5.41) is 4.06. The lowest BCUT2D eigenvalue weighted by Gasteiger charge is -2.22. The van der Waals surface area contributed by atoms with Crippen molar-refractivity contribution in [3.8, 4) is 22.9 Å². The van der Waals surface area contributed by atoms with E-state index in [-0.39, 0.29) is 24.2 Å². The van der Waals surface area contributed by atoms with Crippen LogP contribution in [0.2, 0.25) is 0 Å². The number of halogens is 1. The zero-order chi connectivity index (χ0) is 20.4. The molecule has 29 heavy (non-hydrogen) atoms. The summed E-state index contributed by atoms with van der Waals surface area (Å²) in [6.45, 7) is 0.247. The Hall–Kier alpha value is -3.42. The van der Waals surface area contributed by atoms with Crippen molar-refractivity contribution < 1.29 is 23.2 Å². The molecule has 1 unspecified atom stereocenters. The Morgan fingerprint density at radius 2 is 1.97 bits per heavy atom. The lowest BCUT2D eigenvalue weighted by molar-refractivity contribution is -0.130. The van der Waals surface area contributed by atoms with Gasteiger partial charge in [-0.1, -0.05) is 23.4 Å². The molecule has 2 heterocycles. The van der Waals surface area contributed by atoms with Gasteiger partial charge in [0.1, 0.15) is 11.8 Å². The first kappa shape index (κ1) is 18.9. The summed E-state index contributed by atoms with van der Waals surface area (Å²) in [4.78, 5) is 18.6. The third-order valence-corrected chi connectivity index (χ3v) is 4.97. The SMILES string of the molecule is COc1ccc(CN2C(=O)CCC2c2nc(-c3ccccc3OC)no2)cc1F. The average molecular weight is 397 g/mol. The minimum Gasteiger partial charge on any atom is -0.496 e. The Morgan fingerprint density at radius 3 is 2.72 bits per heavy atom. The summed E-state index contributed by atoms with van der Waals surface area (Å²) in [7, 11) is 2.98. The van der Waals surface area contributed by atoms with Gasteiger partial charge in [-0.2, -0.15) is 4.98 Å². The zero-order valence-electron chi connectivity index (χ0n) is 16.1. The fourth-order valence-corrected chi connectivity index (χ4v) is 3.50. The number of carbonyl (C=O) groups is 1. The van der Waals surface area contributed by atoms with Crippen molar-refractivity contribution in [3.63, 3.8) is 0 Å². The van der Waals surface area contributed by atoms with E-state index in [2.05, 4.69) is 10.1 Å². The molecule has 1 fully saturated rings. The molecule has 2 aromatic carbocycles. The molecule has 0 aliphatic carbocycles. The molecule has 3 aromatic rings. The highest BCUT2D eigenvalue weighted by Gasteiger charge is 2.36. The number of rotatable bonds is 6. The van der Waals surface area contributed by atoms with Crippen LogP contribution < -0.4 is 9.47 Å². The van der Waals surface area contributed by atoms with Crippen molar-refractivity contribution in [1.29, 1.82) is 0 Å². The number of hydrogen-bond acceptors (Lipinski definition) is 6. The van der Waals surface area contributed by atoms with Gasteiger partial charge in [0.2, 0.25) is 17.6 Å². The number of methoxy groups -OCH3 is 2. The van der Waals surface area contributed by atoms with Gasteiger partial charge in [0.05, 0.1) is 19.8 Å².